The lowest BCUT2D eigenvalue weighted by Gasteiger charge is -2.21. The van der Waals surface area contributed by atoms with Gasteiger partial charge in [0.05, 0.1) is 11.3 Å². The van der Waals surface area contributed by atoms with Crippen molar-refractivity contribution in [3.8, 4) is 0 Å². The number of aliphatic carboxylic acids is 1. The number of amides is 1. The summed E-state index contributed by atoms with van der Waals surface area (Å²) in [5.41, 5.74) is 0.0964. The number of fused-ring (bicyclic) bond motifs is 1. The van der Waals surface area contributed by atoms with Gasteiger partial charge in [-0.2, -0.15) is 0 Å². The van der Waals surface area contributed by atoms with Crippen molar-refractivity contribution in [2.45, 2.75) is 24.7 Å². The minimum absolute atomic E-state index is 0.0909. The molecular weight excluding hydrogens is 262 g/mol. The summed E-state index contributed by atoms with van der Waals surface area (Å²) in [6.07, 6.45) is 0. The number of carboxylic acids is 1. The number of thioether (sulfide) groups is 1. The highest BCUT2D eigenvalue weighted by molar-refractivity contribution is 7.99. The van der Waals surface area contributed by atoms with Gasteiger partial charge in [0, 0.05) is 17.2 Å². The highest BCUT2D eigenvalue weighted by Crippen LogP contribution is 2.39. The maximum atomic E-state index is 12.2. The quantitative estimate of drug-likeness (QED) is 0.886. The molecular formula is C14H17NO3S. The maximum Gasteiger partial charge on any atom is 0.310 e. The SMILES string of the molecule is CC(C)(CNC(=O)[C@@H]1CSc2ccccc21)C(=O)O. The monoisotopic (exact) mass is 279 g/mol. The van der Waals surface area contributed by atoms with Gasteiger partial charge in [-0.05, 0) is 25.5 Å². The van der Waals surface area contributed by atoms with Crippen molar-refractivity contribution in [1.82, 2.24) is 5.32 Å². The molecule has 0 fully saturated rings. The number of carboxylic acid groups (broad SMARTS) is 1. The fraction of sp³-hybridized carbons (Fsp3) is 0.429. The van der Waals surface area contributed by atoms with Crippen molar-refractivity contribution in [1.29, 1.82) is 0 Å². The Labute approximate surface area is 116 Å². The number of carbonyl (C=O) groups excluding carboxylic acids is 1. The van der Waals surface area contributed by atoms with E-state index in [1.165, 1.54) is 0 Å². The molecule has 0 bridgehead atoms. The molecule has 0 aliphatic carbocycles. The van der Waals surface area contributed by atoms with Crippen LogP contribution < -0.4 is 5.32 Å². The van der Waals surface area contributed by atoms with Gasteiger partial charge in [-0.15, -0.1) is 11.8 Å². The van der Waals surface area contributed by atoms with E-state index in [0.717, 1.165) is 16.2 Å². The third-order valence-electron chi connectivity index (χ3n) is 3.30. The topological polar surface area (TPSA) is 66.4 Å². The van der Waals surface area contributed by atoms with Gasteiger partial charge in [0.2, 0.25) is 5.91 Å². The third-order valence-corrected chi connectivity index (χ3v) is 4.48. The van der Waals surface area contributed by atoms with E-state index in [-0.39, 0.29) is 18.4 Å². The summed E-state index contributed by atoms with van der Waals surface area (Å²) in [6.45, 7) is 3.35. The Morgan fingerprint density at radius 3 is 2.79 bits per heavy atom. The predicted octanol–water partition coefficient (Wildman–Crippen LogP) is 2.10. The van der Waals surface area contributed by atoms with E-state index in [0.29, 0.717) is 0 Å². The zero-order valence-corrected chi connectivity index (χ0v) is 11.8. The van der Waals surface area contributed by atoms with E-state index in [1.54, 1.807) is 25.6 Å². The van der Waals surface area contributed by atoms with Gasteiger partial charge in [-0.3, -0.25) is 9.59 Å². The van der Waals surface area contributed by atoms with Crippen LogP contribution in [0.15, 0.2) is 29.2 Å². The van der Waals surface area contributed by atoms with Crippen LogP contribution in [0.4, 0.5) is 0 Å². The van der Waals surface area contributed by atoms with Crippen LogP contribution in [0.3, 0.4) is 0 Å². The van der Waals surface area contributed by atoms with Crippen LogP contribution in [0.5, 0.6) is 0 Å². The molecule has 2 rings (SSSR count). The minimum Gasteiger partial charge on any atom is -0.481 e. The molecule has 0 saturated heterocycles. The smallest absolute Gasteiger partial charge is 0.310 e. The Bertz CT molecular complexity index is 513. The lowest BCUT2D eigenvalue weighted by Crippen LogP contribution is -2.40. The molecule has 1 amide bonds. The number of nitrogens with one attached hydrogen (secondary N) is 1. The van der Waals surface area contributed by atoms with E-state index >= 15 is 0 Å². The van der Waals surface area contributed by atoms with Crippen molar-refractivity contribution in [3.63, 3.8) is 0 Å². The van der Waals surface area contributed by atoms with Crippen LogP contribution in [0, 0.1) is 5.41 Å². The molecule has 1 atom stereocenters. The van der Waals surface area contributed by atoms with E-state index in [9.17, 15) is 9.59 Å². The molecule has 0 spiro atoms. The molecule has 1 aliphatic heterocycles. The summed E-state index contributed by atoms with van der Waals surface area (Å²) >= 11 is 1.67. The van der Waals surface area contributed by atoms with Gasteiger partial charge in [-0.25, -0.2) is 0 Å². The third kappa shape index (κ3) is 2.92. The second kappa shape index (κ2) is 5.25. The normalized spacial score (nSPS) is 17.9. The second-order valence-corrected chi connectivity index (χ2v) is 6.37. The van der Waals surface area contributed by atoms with Gasteiger partial charge >= 0.3 is 5.97 Å². The highest BCUT2D eigenvalue weighted by Gasteiger charge is 2.32. The van der Waals surface area contributed by atoms with E-state index in [4.69, 9.17) is 5.11 Å². The van der Waals surface area contributed by atoms with E-state index in [1.807, 2.05) is 24.3 Å². The molecule has 19 heavy (non-hydrogen) atoms. The molecule has 102 valence electrons. The van der Waals surface area contributed by atoms with Gasteiger partial charge in [-0.1, -0.05) is 18.2 Å². The molecule has 5 heteroatoms. The number of benzene rings is 1. The Morgan fingerprint density at radius 1 is 1.42 bits per heavy atom. The first-order valence-corrected chi connectivity index (χ1v) is 7.13. The number of rotatable bonds is 4. The van der Waals surface area contributed by atoms with Crippen LogP contribution >= 0.6 is 11.8 Å². The highest BCUT2D eigenvalue weighted by atomic mass is 32.2. The number of hydrogen-bond donors (Lipinski definition) is 2. The standard InChI is InChI=1S/C14H17NO3S/c1-14(2,13(17)18)8-15-12(16)10-7-19-11-6-4-3-5-9(10)11/h3-6,10H,7-8H2,1-2H3,(H,15,16)(H,17,18)/t10-/m1/s1. The van der Waals surface area contributed by atoms with Crippen molar-refractivity contribution < 1.29 is 14.7 Å². The molecule has 0 aromatic heterocycles. The lowest BCUT2D eigenvalue weighted by atomic mass is 9.93. The van der Waals surface area contributed by atoms with Crippen LogP contribution in [-0.2, 0) is 9.59 Å². The molecule has 0 radical (unpaired) electrons. The molecule has 1 aromatic carbocycles. The van der Waals surface area contributed by atoms with Crippen LogP contribution in [0.2, 0.25) is 0 Å². The Kier molecular flexibility index (Phi) is 3.85. The summed E-state index contributed by atoms with van der Waals surface area (Å²) in [4.78, 5) is 24.3. The fourth-order valence-electron chi connectivity index (χ4n) is 1.89. The predicted molar refractivity (Wildman–Crippen MR) is 74.3 cm³/mol. The number of carbonyl (C=O) groups is 2. The molecule has 1 aliphatic rings. The molecule has 4 nitrogen and oxygen atoms in total. The summed E-state index contributed by atoms with van der Waals surface area (Å²) in [6, 6.07) is 7.85. The summed E-state index contributed by atoms with van der Waals surface area (Å²) < 4.78 is 0. The maximum absolute atomic E-state index is 12.2. The van der Waals surface area contributed by atoms with Gasteiger partial charge in [0.25, 0.3) is 0 Å². The van der Waals surface area contributed by atoms with Crippen LogP contribution in [-0.4, -0.2) is 29.3 Å². The molecule has 0 unspecified atom stereocenters. The largest absolute Gasteiger partial charge is 0.481 e. The fourth-order valence-corrected chi connectivity index (χ4v) is 3.12. The van der Waals surface area contributed by atoms with Gasteiger partial charge < -0.3 is 10.4 Å². The Hall–Kier alpha value is -1.49. The zero-order valence-electron chi connectivity index (χ0n) is 11.0. The average molecular weight is 279 g/mol. The molecule has 1 aromatic rings. The van der Waals surface area contributed by atoms with Crippen LogP contribution in [0.25, 0.3) is 0 Å². The van der Waals surface area contributed by atoms with Crippen molar-refractivity contribution >= 4 is 23.6 Å². The first kappa shape index (κ1) is 13.9. The number of hydrogen-bond acceptors (Lipinski definition) is 3. The van der Waals surface area contributed by atoms with Crippen molar-refractivity contribution in [3.05, 3.63) is 29.8 Å². The van der Waals surface area contributed by atoms with Gasteiger partial charge in [0.1, 0.15) is 0 Å². The Balaban J connectivity index is 2.01. The summed E-state index contributed by atoms with van der Waals surface area (Å²) in [5, 5.41) is 11.8. The lowest BCUT2D eigenvalue weighted by molar-refractivity contribution is -0.146. The van der Waals surface area contributed by atoms with Crippen LogP contribution in [0.1, 0.15) is 25.3 Å². The van der Waals surface area contributed by atoms with E-state index < -0.39 is 11.4 Å². The Morgan fingerprint density at radius 2 is 2.11 bits per heavy atom. The molecule has 2 N–H and O–H groups in total. The van der Waals surface area contributed by atoms with Crippen molar-refractivity contribution in [2.75, 3.05) is 12.3 Å². The molecule has 1 heterocycles. The van der Waals surface area contributed by atoms with E-state index in [2.05, 4.69) is 5.32 Å². The zero-order chi connectivity index (χ0) is 14.0. The summed E-state index contributed by atoms with van der Waals surface area (Å²) in [7, 11) is 0. The first-order valence-electron chi connectivity index (χ1n) is 6.14. The first-order chi connectivity index (χ1) is 8.92. The molecule has 0 saturated carbocycles. The minimum atomic E-state index is -0.944. The van der Waals surface area contributed by atoms with Gasteiger partial charge in [0.15, 0.2) is 0 Å². The second-order valence-electron chi connectivity index (χ2n) is 5.31. The van der Waals surface area contributed by atoms with Crippen molar-refractivity contribution in [2.24, 2.45) is 5.41 Å². The summed E-state index contributed by atoms with van der Waals surface area (Å²) in [5.74, 6) is -0.454. The average Bonchev–Trinajstić information content (AvgIpc) is 2.79.